The number of thiazole rings is 1. The van der Waals surface area contributed by atoms with Crippen LogP contribution in [0.5, 0.6) is 0 Å². The number of nitrogens with zero attached hydrogens (tertiary/aromatic N) is 2. The van der Waals surface area contributed by atoms with E-state index in [0.717, 1.165) is 21.5 Å². The number of ether oxygens (including phenoxy) is 1. The third-order valence-electron chi connectivity index (χ3n) is 4.23. The van der Waals surface area contributed by atoms with Crippen LogP contribution in [-0.2, 0) is 20.7 Å². The van der Waals surface area contributed by atoms with E-state index in [-0.39, 0.29) is 18.3 Å². The minimum atomic E-state index is -0.319. The van der Waals surface area contributed by atoms with E-state index in [1.54, 1.807) is 24.1 Å². The van der Waals surface area contributed by atoms with Crippen LogP contribution < -0.4 is 5.32 Å². The fraction of sp³-hybridized carbons (Fsp3) is 0.333. The van der Waals surface area contributed by atoms with E-state index in [0.29, 0.717) is 29.6 Å². The fourth-order valence-electron chi connectivity index (χ4n) is 2.84. The van der Waals surface area contributed by atoms with Gasteiger partial charge in [0.05, 0.1) is 29.3 Å². The molecular formula is C21H23N3O3S2. The van der Waals surface area contributed by atoms with Crippen LogP contribution in [0.4, 0.5) is 5.13 Å². The Labute approximate surface area is 178 Å². The number of hydrogen-bond donors (Lipinski definition) is 1. The number of pyridine rings is 1. The fourth-order valence-corrected chi connectivity index (χ4v) is 4.48. The molecule has 3 rings (SSSR count). The number of carbonyl (C=O) groups excluding carboxylic acids is 2. The first kappa shape index (κ1) is 21.3. The highest BCUT2D eigenvalue weighted by molar-refractivity contribution is 7.99. The van der Waals surface area contributed by atoms with Crippen molar-refractivity contribution in [3.05, 3.63) is 46.5 Å². The van der Waals surface area contributed by atoms with Crippen molar-refractivity contribution in [1.82, 2.24) is 9.97 Å². The van der Waals surface area contributed by atoms with Gasteiger partial charge >= 0.3 is 5.97 Å². The van der Waals surface area contributed by atoms with E-state index in [1.165, 1.54) is 16.9 Å². The van der Waals surface area contributed by atoms with E-state index in [9.17, 15) is 9.59 Å². The summed E-state index contributed by atoms with van der Waals surface area (Å²) in [6.07, 6.45) is 0.465. The zero-order valence-electron chi connectivity index (χ0n) is 16.7. The van der Waals surface area contributed by atoms with E-state index in [2.05, 4.69) is 42.3 Å². The molecule has 8 heteroatoms. The monoisotopic (exact) mass is 429 g/mol. The number of benzene rings is 1. The predicted octanol–water partition coefficient (Wildman–Crippen LogP) is 4.53. The highest BCUT2D eigenvalue weighted by atomic mass is 32.2. The lowest BCUT2D eigenvalue weighted by molar-refractivity contribution is -0.142. The summed E-state index contributed by atoms with van der Waals surface area (Å²) in [6, 6.07) is 8.24. The molecule has 0 bridgehead atoms. The lowest BCUT2D eigenvalue weighted by atomic mass is 10.1. The number of anilines is 1. The number of fused-ring (bicyclic) bond motifs is 1. The van der Waals surface area contributed by atoms with Gasteiger partial charge in [0.15, 0.2) is 5.13 Å². The van der Waals surface area contributed by atoms with Crippen molar-refractivity contribution in [1.29, 1.82) is 0 Å². The lowest BCUT2D eigenvalue weighted by Crippen LogP contribution is -2.12. The molecule has 6 nitrogen and oxygen atoms in total. The Kier molecular flexibility index (Phi) is 7.22. The predicted molar refractivity (Wildman–Crippen MR) is 118 cm³/mol. The Hall–Kier alpha value is -2.45. The Bertz CT molecular complexity index is 1030. The van der Waals surface area contributed by atoms with Crippen molar-refractivity contribution in [3.8, 4) is 0 Å². The first-order valence-electron chi connectivity index (χ1n) is 9.36. The number of aryl methyl sites for hydroxylation is 2. The average Bonchev–Trinajstić information content (AvgIpc) is 3.09. The smallest absolute Gasteiger partial charge is 0.311 e. The van der Waals surface area contributed by atoms with Crippen LogP contribution in [0.2, 0.25) is 0 Å². The molecular weight excluding hydrogens is 406 g/mol. The zero-order valence-corrected chi connectivity index (χ0v) is 18.3. The molecule has 0 aliphatic rings. The summed E-state index contributed by atoms with van der Waals surface area (Å²) in [5.41, 5.74) is 3.94. The summed E-state index contributed by atoms with van der Waals surface area (Å²) in [7, 11) is 0. The molecule has 0 aliphatic carbocycles. The number of amides is 1. The molecule has 152 valence electrons. The molecule has 0 spiro atoms. The summed E-state index contributed by atoms with van der Waals surface area (Å²) in [5, 5.41) is 7.12. The summed E-state index contributed by atoms with van der Waals surface area (Å²) in [6.45, 7) is 6.24. The molecule has 0 fully saturated rings. The molecule has 0 unspecified atom stereocenters. The van der Waals surface area contributed by atoms with Gasteiger partial charge in [0.2, 0.25) is 5.91 Å². The van der Waals surface area contributed by atoms with Gasteiger partial charge in [-0.15, -0.1) is 23.1 Å². The maximum absolute atomic E-state index is 12.2. The van der Waals surface area contributed by atoms with E-state index < -0.39 is 0 Å². The van der Waals surface area contributed by atoms with Crippen LogP contribution >= 0.6 is 23.1 Å². The second-order valence-corrected chi connectivity index (χ2v) is 8.49. The highest BCUT2D eigenvalue weighted by Crippen LogP contribution is 2.26. The van der Waals surface area contributed by atoms with Crippen molar-refractivity contribution in [2.45, 2.75) is 38.6 Å². The largest absolute Gasteiger partial charge is 0.466 e. The third kappa shape index (κ3) is 5.77. The molecule has 1 N–H and O–H groups in total. The minimum absolute atomic E-state index is 0.108. The van der Waals surface area contributed by atoms with E-state index in [4.69, 9.17) is 9.72 Å². The second kappa shape index (κ2) is 9.84. The number of hydrogen-bond acceptors (Lipinski definition) is 7. The van der Waals surface area contributed by atoms with Gasteiger partial charge in [0.25, 0.3) is 0 Å². The normalized spacial score (nSPS) is 10.9. The molecule has 0 radical (unpaired) electrons. The molecule has 1 aromatic carbocycles. The lowest BCUT2D eigenvalue weighted by Gasteiger charge is -2.08. The number of esters is 1. The van der Waals surface area contributed by atoms with Crippen LogP contribution in [0.3, 0.4) is 0 Å². The third-order valence-corrected chi connectivity index (χ3v) is 5.95. The van der Waals surface area contributed by atoms with Crippen molar-refractivity contribution in [3.63, 3.8) is 0 Å². The standard InChI is InChI=1S/C21H23N3O3S2/c1-4-27-19(26)11-15-12-29-21(22-15)23-17(25)8-9-28-18-10-14(3)16-7-5-6-13(2)20(16)24-18/h5-7,10,12H,4,8-9,11H2,1-3H3,(H,22,23,25). The van der Waals surface area contributed by atoms with Gasteiger partial charge < -0.3 is 10.1 Å². The molecule has 0 saturated carbocycles. The Morgan fingerprint density at radius 1 is 1.21 bits per heavy atom. The number of para-hydroxylation sites is 1. The molecule has 0 aliphatic heterocycles. The van der Waals surface area contributed by atoms with Crippen LogP contribution in [0.25, 0.3) is 10.9 Å². The Balaban J connectivity index is 1.51. The summed E-state index contributed by atoms with van der Waals surface area (Å²) in [4.78, 5) is 32.7. The molecule has 29 heavy (non-hydrogen) atoms. The maximum Gasteiger partial charge on any atom is 0.311 e. The quantitative estimate of drug-likeness (QED) is 0.418. The van der Waals surface area contributed by atoms with Gasteiger partial charge in [-0.1, -0.05) is 18.2 Å². The molecule has 2 heterocycles. The minimum Gasteiger partial charge on any atom is -0.466 e. The maximum atomic E-state index is 12.2. The topological polar surface area (TPSA) is 81.2 Å². The van der Waals surface area contributed by atoms with Crippen molar-refractivity contribution in [2.75, 3.05) is 17.7 Å². The van der Waals surface area contributed by atoms with Crippen LogP contribution in [0.15, 0.2) is 34.7 Å². The molecule has 0 saturated heterocycles. The number of nitrogens with one attached hydrogen (secondary N) is 1. The van der Waals surface area contributed by atoms with Gasteiger partial charge in [-0.3, -0.25) is 9.59 Å². The summed E-state index contributed by atoms with van der Waals surface area (Å²) >= 11 is 2.87. The number of carbonyl (C=O) groups is 2. The number of aromatic nitrogens is 2. The Morgan fingerprint density at radius 3 is 2.83 bits per heavy atom. The summed E-state index contributed by atoms with van der Waals surface area (Å²) < 4.78 is 4.90. The van der Waals surface area contributed by atoms with Crippen molar-refractivity contribution >= 4 is 51.0 Å². The van der Waals surface area contributed by atoms with Crippen LogP contribution in [-0.4, -0.2) is 34.2 Å². The van der Waals surface area contributed by atoms with Crippen molar-refractivity contribution in [2.24, 2.45) is 0 Å². The van der Waals surface area contributed by atoms with Gasteiger partial charge in [-0.2, -0.15) is 0 Å². The highest BCUT2D eigenvalue weighted by Gasteiger charge is 2.11. The average molecular weight is 430 g/mol. The van der Waals surface area contributed by atoms with Gasteiger partial charge in [0.1, 0.15) is 0 Å². The number of rotatable bonds is 8. The molecule has 0 atom stereocenters. The number of thioether (sulfide) groups is 1. The van der Waals surface area contributed by atoms with Gasteiger partial charge in [0, 0.05) is 22.9 Å². The molecule has 1 amide bonds. The van der Waals surface area contributed by atoms with Crippen molar-refractivity contribution < 1.29 is 14.3 Å². The summed E-state index contributed by atoms with van der Waals surface area (Å²) in [5.74, 6) is 0.195. The second-order valence-electron chi connectivity index (χ2n) is 6.52. The molecule has 2 aromatic heterocycles. The van der Waals surface area contributed by atoms with E-state index in [1.807, 2.05) is 6.07 Å². The van der Waals surface area contributed by atoms with Crippen LogP contribution in [0.1, 0.15) is 30.2 Å². The van der Waals surface area contributed by atoms with Gasteiger partial charge in [-0.05, 0) is 38.0 Å². The molecule has 3 aromatic rings. The SMILES string of the molecule is CCOC(=O)Cc1csc(NC(=O)CCSc2cc(C)c3cccc(C)c3n2)n1. The zero-order chi connectivity index (χ0) is 20.8. The van der Waals surface area contributed by atoms with E-state index >= 15 is 0 Å². The first-order chi connectivity index (χ1) is 14.0. The van der Waals surface area contributed by atoms with Crippen LogP contribution in [0, 0.1) is 13.8 Å². The first-order valence-corrected chi connectivity index (χ1v) is 11.2. The Morgan fingerprint density at radius 2 is 2.03 bits per heavy atom. The van der Waals surface area contributed by atoms with Gasteiger partial charge in [-0.25, -0.2) is 9.97 Å².